The highest BCUT2D eigenvalue weighted by Crippen LogP contribution is 2.31. The van der Waals surface area contributed by atoms with Crippen LogP contribution in [0.4, 0.5) is 0 Å². The molecule has 1 unspecified atom stereocenters. The maximum Gasteiger partial charge on any atom is 0.0378 e. The van der Waals surface area contributed by atoms with Crippen molar-refractivity contribution >= 4 is 0 Å². The van der Waals surface area contributed by atoms with Crippen LogP contribution < -0.4 is 5.73 Å². The molecule has 0 radical (unpaired) electrons. The van der Waals surface area contributed by atoms with E-state index in [1.54, 1.807) is 0 Å². The van der Waals surface area contributed by atoms with Gasteiger partial charge in [-0.3, -0.25) is 0 Å². The maximum atomic E-state index is 6.04. The summed E-state index contributed by atoms with van der Waals surface area (Å²) in [4.78, 5) is 0. The second-order valence-corrected chi connectivity index (χ2v) is 4.32. The summed E-state index contributed by atoms with van der Waals surface area (Å²) < 4.78 is 0. The summed E-state index contributed by atoms with van der Waals surface area (Å²) in [7, 11) is 0. The second-order valence-electron chi connectivity index (χ2n) is 4.32. The molecule has 2 N–H and O–H groups in total. The van der Waals surface area contributed by atoms with Gasteiger partial charge >= 0.3 is 0 Å². The minimum absolute atomic E-state index is 0.168. The van der Waals surface area contributed by atoms with Gasteiger partial charge in [-0.25, -0.2) is 0 Å². The molecule has 1 aliphatic carbocycles. The van der Waals surface area contributed by atoms with Crippen molar-refractivity contribution in [2.24, 2.45) is 11.7 Å². The number of allylic oxidation sites excluding steroid dienone is 1. The van der Waals surface area contributed by atoms with Crippen LogP contribution in [0.2, 0.25) is 0 Å². The average molecular weight is 165 g/mol. The molecule has 1 nitrogen and oxygen atoms in total. The third kappa shape index (κ3) is 1.78. The van der Waals surface area contributed by atoms with Gasteiger partial charge in [-0.15, -0.1) is 0 Å². The van der Waals surface area contributed by atoms with Crippen LogP contribution in [0.3, 0.4) is 0 Å². The second kappa shape index (κ2) is 3.06. The third-order valence-electron chi connectivity index (χ3n) is 2.77. The number of hydrogen-bond donors (Lipinski definition) is 1. The normalized spacial score (nSPS) is 30.8. The number of rotatable bonds is 1. The quantitative estimate of drug-likeness (QED) is 0.635. The molecule has 0 spiro atoms. The molecule has 0 saturated heterocycles. The van der Waals surface area contributed by atoms with Gasteiger partial charge in [0.15, 0.2) is 0 Å². The Morgan fingerprint density at radius 2 is 2.17 bits per heavy atom. The molecule has 0 fully saturated rings. The fourth-order valence-electron chi connectivity index (χ4n) is 1.48. The van der Waals surface area contributed by atoms with E-state index < -0.39 is 0 Å². The molecule has 0 aliphatic heterocycles. The van der Waals surface area contributed by atoms with Crippen molar-refractivity contribution in [1.82, 2.24) is 0 Å². The Kier molecular flexibility index (Phi) is 2.43. The molecule has 0 amide bonds. The fraction of sp³-hybridized carbons (Fsp3) is 0.636. The SMILES string of the molecule is C=C1C=C(C(C)C)CCC1(C)N. The third-order valence-corrected chi connectivity index (χ3v) is 2.77. The van der Waals surface area contributed by atoms with Gasteiger partial charge in [0.1, 0.15) is 0 Å². The summed E-state index contributed by atoms with van der Waals surface area (Å²) in [5.74, 6) is 0.637. The first kappa shape index (κ1) is 9.53. The minimum Gasteiger partial charge on any atom is -0.322 e. The Hall–Kier alpha value is -0.560. The Labute approximate surface area is 75.3 Å². The number of hydrogen-bond acceptors (Lipinski definition) is 1. The summed E-state index contributed by atoms with van der Waals surface area (Å²) in [6, 6.07) is 0. The number of nitrogens with two attached hydrogens (primary N) is 1. The van der Waals surface area contributed by atoms with Crippen LogP contribution in [-0.4, -0.2) is 5.54 Å². The lowest BCUT2D eigenvalue weighted by atomic mass is 9.79. The lowest BCUT2D eigenvalue weighted by Gasteiger charge is -2.32. The molecule has 0 saturated carbocycles. The maximum absolute atomic E-state index is 6.04. The minimum atomic E-state index is -0.168. The van der Waals surface area contributed by atoms with E-state index in [1.807, 2.05) is 0 Å². The highest BCUT2D eigenvalue weighted by molar-refractivity contribution is 5.34. The van der Waals surface area contributed by atoms with E-state index in [0.29, 0.717) is 5.92 Å². The van der Waals surface area contributed by atoms with E-state index in [9.17, 15) is 0 Å². The van der Waals surface area contributed by atoms with Crippen molar-refractivity contribution in [3.8, 4) is 0 Å². The summed E-state index contributed by atoms with van der Waals surface area (Å²) in [6.45, 7) is 10.5. The molecule has 0 heterocycles. The molecule has 68 valence electrons. The Morgan fingerprint density at radius 1 is 1.58 bits per heavy atom. The summed E-state index contributed by atoms with van der Waals surface area (Å²) in [5, 5.41) is 0. The molecule has 12 heavy (non-hydrogen) atoms. The summed E-state index contributed by atoms with van der Waals surface area (Å²) in [6.07, 6.45) is 4.34. The van der Waals surface area contributed by atoms with Gasteiger partial charge in [0.05, 0.1) is 0 Å². The van der Waals surface area contributed by atoms with Crippen LogP contribution in [0.15, 0.2) is 23.8 Å². The predicted octanol–water partition coefficient (Wildman–Crippen LogP) is 2.64. The van der Waals surface area contributed by atoms with Crippen LogP contribution in [0, 0.1) is 5.92 Å². The van der Waals surface area contributed by atoms with Crippen LogP contribution in [0.1, 0.15) is 33.6 Å². The zero-order chi connectivity index (χ0) is 9.35. The molecule has 1 rings (SSSR count). The van der Waals surface area contributed by atoms with E-state index in [1.165, 1.54) is 5.57 Å². The lowest BCUT2D eigenvalue weighted by Crippen LogP contribution is -2.39. The highest BCUT2D eigenvalue weighted by atomic mass is 14.7. The molecule has 0 bridgehead atoms. The summed E-state index contributed by atoms with van der Waals surface area (Å²) >= 11 is 0. The topological polar surface area (TPSA) is 26.0 Å². The van der Waals surface area contributed by atoms with Gasteiger partial charge in [-0.2, -0.15) is 0 Å². The predicted molar refractivity (Wildman–Crippen MR) is 53.9 cm³/mol. The average Bonchev–Trinajstić information content (AvgIpc) is 1.94. The van der Waals surface area contributed by atoms with Crippen molar-refractivity contribution < 1.29 is 0 Å². The van der Waals surface area contributed by atoms with Gasteiger partial charge in [0.25, 0.3) is 0 Å². The van der Waals surface area contributed by atoms with E-state index in [2.05, 4.69) is 33.4 Å². The van der Waals surface area contributed by atoms with Gasteiger partial charge in [0, 0.05) is 5.54 Å². The van der Waals surface area contributed by atoms with Crippen LogP contribution in [-0.2, 0) is 0 Å². The molecule has 1 atom stereocenters. The van der Waals surface area contributed by atoms with Crippen molar-refractivity contribution in [2.45, 2.75) is 39.2 Å². The largest absolute Gasteiger partial charge is 0.322 e. The van der Waals surface area contributed by atoms with E-state index in [-0.39, 0.29) is 5.54 Å². The monoisotopic (exact) mass is 165 g/mol. The first-order valence-corrected chi connectivity index (χ1v) is 4.62. The fourth-order valence-corrected chi connectivity index (χ4v) is 1.48. The molecule has 0 aromatic carbocycles. The van der Waals surface area contributed by atoms with Gasteiger partial charge in [-0.05, 0) is 31.3 Å². The highest BCUT2D eigenvalue weighted by Gasteiger charge is 2.26. The van der Waals surface area contributed by atoms with E-state index >= 15 is 0 Å². The van der Waals surface area contributed by atoms with Crippen LogP contribution in [0.5, 0.6) is 0 Å². The van der Waals surface area contributed by atoms with Gasteiger partial charge < -0.3 is 5.73 Å². The van der Waals surface area contributed by atoms with Gasteiger partial charge in [-0.1, -0.05) is 32.1 Å². The van der Waals surface area contributed by atoms with E-state index in [0.717, 1.165) is 18.4 Å². The zero-order valence-corrected chi connectivity index (χ0v) is 8.35. The van der Waals surface area contributed by atoms with Crippen molar-refractivity contribution in [2.75, 3.05) is 0 Å². The standard InChI is InChI=1S/C11H19N/c1-8(2)10-5-6-11(4,12)9(3)7-10/h7-8H,3,5-6,12H2,1-2,4H3. The van der Waals surface area contributed by atoms with Crippen molar-refractivity contribution in [3.63, 3.8) is 0 Å². The Balaban J connectivity index is 2.82. The lowest BCUT2D eigenvalue weighted by molar-refractivity contribution is 0.481. The Bertz CT molecular complexity index is 221. The Morgan fingerprint density at radius 3 is 2.58 bits per heavy atom. The van der Waals surface area contributed by atoms with Crippen LogP contribution >= 0.6 is 0 Å². The first-order valence-electron chi connectivity index (χ1n) is 4.62. The smallest absolute Gasteiger partial charge is 0.0378 e. The molecule has 0 aromatic heterocycles. The summed E-state index contributed by atoms with van der Waals surface area (Å²) in [5.41, 5.74) is 8.44. The van der Waals surface area contributed by atoms with Crippen molar-refractivity contribution in [1.29, 1.82) is 0 Å². The van der Waals surface area contributed by atoms with Crippen molar-refractivity contribution in [3.05, 3.63) is 23.8 Å². The van der Waals surface area contributed by atoms with E-state index in [4.69, 9.17) is 5.73 Å². The van der Waals surface area contributed by atoms with Gasteiger partial charge in [0.2, 0.25) is 0 Å². The molecular weight excluding hydrogens is 146 g/mol. The first-order chi connectivity index (χ1) is 5.43. The molecule has 1 heteroatoms. The molecular formula is C11H19N. The zero-order valence-electron chi connectivity index (χ0n) is 8.35. The van der Waals surface area contributed by atoms with Crippen LogP contribution in [0.25, 0.3) is 0 Å². The molecule has 0 aromatic rings. The molecule has 1 aliphatic rings.